The molecular formula is C29H32Cl2N2O2S. The molecule has 0 aliphatic rings. The molecule has 0 heterocycles. The highest BCUT2D eigenvalue weighted by Crippen LogP contribution is 2.26. The Morgan fingerprint density at radius 1 is 0.972 bits per heavy atom. The summed E-state index contributed by atoms with van der Waals surface area (Å²) in [6.45, 7) is 6.85. The molecule has 0 saturated heterocycles. The van der Waals surface area contributed by atoms with Crippen molar-refractivity contribution in [3.63, 3.8) is 0 Å². The Kier molecular flexibility index (Phi) is 10.7. The largest absolute Gasteiger partial charge is 0.354 e. The first-order valence-electron chi connectivity index (χ1n) is 12.0. The standard InChI is InChI=1S/C29H32Cl2N2O2S/c1-20(2)17-32-29(35)27(15-22-7-5-4-6-8-22)33(18-23-11-12-24(30)16-26(23)31)28(34)19-36-25-13-9-21(3)10-14-25/h4-14,16,20,27H,15,17-19H2,1-3H3,(H,32,35)/t27-/m1/s1. The minimum absolute atomic E-state index is 0.132. The molecule has 3 aromatic carbocycles. The van der Waals surface area contributed by atoms with Crippen LogP contribution in [0.15, 0.2) is 77.7 Å². The van der Waals surface area contributed by atoms with Crippen LogP contribution in [0.5, 0.6) is 0 Å². The first-order valence-corrected chi connectivity index (χ1v) is 13.7. The van der Waals surface area contributed by atoms with Crippen LogP contribution in [-0.4, -0.2) is 35.1 Å². The van der Waals surface area contributed by atoms with Crippen molar-refractivity contribution in [3.8, 4) is 0 Å². The molecular weight excluding hydrogens is 511 g/mol. The number of hydrogen-bond acceptors (Lipinski definition) is 3. The lowest BCUT2D eigenvalue weighted by molar-refractivity contribution is -0.139. The molecule has 7 heteroatoms. The summed E-state index contributed by atoms with van der Waals surface area (Å²) in [5, 5.41) is 4.02. The van der Waals surface area contributed by atoms with E-state index in [4.69, 9.17) is 23.2 Å². The fraction of sp³-hybridized carbons (Fsp3) is 0.310. The molecule has 1 N–H and O–H groups in total. The molecule has 0 fully saturated rings. The molecule has 0 saturated carbocycles. The van der Waals surface area contributed by atoms with Gasteiger partial charge < -0.3 is 10.2 Å². The van der Waals surface area contributed by atoms with Gasteiger partial charge in [0.1, 0.15) is 6.04 Å². The molecule has 3 aromatic rings. The minimum atomic E-state index is -0.691. The summed E-state index contributed by atoms with van der Waals surface area (Å²) < 4.78 is 0. The summed E-state index contributed by atoms with van der Waals surface area (Å²) >= 11 is 14.0. The Labute approximate surface area is 228 Å². The van der Waals surface area contributed by atoms with E-state index in [2.05, 4.69) is 5.32 Å². The summed E-state index contributed by atoms with van der Waals surface area (Å²) in [6.07, 6.45) is 0.400. The number of thioether (sulfide) groups is 1. The molecule has 0 bridgehead atoms. The second kappa shape index (κ2) is 13.7. The Bertz CT molecular complexity index is 1150. The van der Waals surface area contributed by atoms with Crippen LogP contribution in [0.1, 0.15) is 30.5 Å². The Morgan fingerprint density at radius 3 is 2.31 bits per heavy atom. The number of benzene rings is 3. The van der Waals surface area contributed by atoms with E-state index in [1.165, 1.54) is 11.8 Å². The molecule has 0 aromatic heterocycles. The number of amides is 2. The topological polar surface area (TPSA) is 49.4 Å². The third kappa shape index (κ3) is 8.58. The molecule has 36 heavy (non-hydrogen) atoms. The molecule has 0 radical (unpaired) electrons. The maximum absolute atomic E-state index is 13.7. The molecule has 0 spiro atoms. The van der Waals surface area contributed by atoms with Gasteiger partial charge in [-0.25, -0.2) is 0 Å². The fourth-order valence-corrected chi connectivity index (χ4v) is 4.93. The van der Waals surface area contributed by atoms with E-state index in [9.17, 15) is 9.59 Å². The fourth-order valence-electron chi connectivity index (χ4n) is 3.67. The number of aryl methyl sites for hydroxylation is 1. The van der Waals surface area contributed by atoms with Crippen LogP contribution in [0.25, 0.3) is 0 Å². The van der Waals surface area contributed by atoms with Crippen molar-refractivity contribution in [1.29, 1.82) is 0 Å². The van der Waals surface area contributed by atoms with Gasteiger partial charge in [-0.2, -0.15) is 0 Å². The predicted molar refractivity (Wildman–Crippen MR) is 151 cm³/mol. The molecule has 190 valence electrons. The van der Waals surface area contributed by atoms with E-state index < -0.39 is 6.04 Å². The van der Waals surface area contributed by atoms with E-state index in [0.717, 1.165) is 21.6 Å². The van der Waals surface area contributed by atoms with Crippen LogP contribution in [0.4, 0.5) is 0 Å². The highest BCUT2D eigenvalue weighted by Gasteiger charge is 2.31. The highest BCUT2D eigenvalue weighted by atomic mass is 35.5. The lowest BCUT2D eigenvalue weighted by Gasteiger charge is -2.32. The van der Waals surface area contributed by atoms with Crippen LogP contribution in [-0.2, 0) is 22.6 Å². The van der Waals surface area contributed by atoms with Crippen LogP contribution in [0, 0.1) is 12.8 Å². The monoisotopic (exact) mass is 542 g/mol. The predicted octanol–water partition coefficient (Wildman–Crippen LogP) is 6.81. The van der Waals surface area contributed by atoms with Crippen molar-refractivity contribution >= 4 is 46.8 Å². The second-order valence-electron chi connectivity index (χ2n) is 9.20. The zero-order valence-corrected chi connectivity index (χ0v) is 23.2. The number of nitrogens with one attached hydrogen (secondary N) is 1. The summed E-state index contributed by atoms with van der Waals surface area (Å²) in [6, 6.07) is 22.3. The van der Waals surface area contributed by atoms with E-state index in [0.29, 0.717) is 28.9 Å². The van der Waals surface area contributed by atoms with Crippen molar-refractivity contribution in [2.45, 2.75) is 44.7 Å². The van der Waals surface area contributed by atoms with Crippen molar-refractivity contribution < 1.29 is 9.59 Å². The van der Waals surface area contributed by atoms with Crippen molar-refractivity contribution in [1.82, 2.24) is 10.2 Å². The van der Waals surface area contributed by atoms with Gasteiger partial charge in [-0.1, -0.05) is 91.1 Å². The summed E-state index contributed by atoms with van der Waals surface area (Å²) in [5.41, 5.74) is 2.88. The van der Waals surface area contributed by atoms with E-state index in [1.807, 2.05) is 81.4 Å². The van der Waals surface area contributed by atoms with Crippen molar-refractivity contribution in [2.75, 3.05) is 12.3 Å². The van der Waals surface area contributed by atoms with E-state index in [1.54, 1.807) is 17.0 Å². The Morgan fingerprint density at radius 2 is 1.67 bits per heavy atom. The molecule has 4 nitrogen and oxygen atoms in total. The summed E-state index contributed by atoms with van der Waals surface area (Å²) in [4.78, 5) is 29.8. The van der Waals surface area contributed by atoms with E-state index >= 15 is 0 Å². The Hall–Kier alpha value is -2.47. The summed E-state index contributed by atoms with van der Waals surface area (Å²) in [7, 11) is 0. The number of carbonyl (C=O) groups excluding carboxylic acids is 2. The second-order valence-corrected chi connectivity index (χ2v) is 11.1. The maximum atomic E-state index is 13.7. The molecule has 0 aliphatic heterocycles. The van der Waals surface area contributed by atoms with Crippen molar-refractivity contribution in [3.05, 3.63) is 99.5 Å². The third-order valence-corrected chi connectivity index (χ3v) is 7.28. The van der Waals surface area contributed by atoms with Crippen molar-refractivity contribution in [2.24, 2.45) is 5.92 Å². The molecule has 0 aliphatic carbocycles. The van der Waals surface area contributed by atoms with Gasteiger partial charge in [0.15, 0.2) is 0 Å². The zero-order chi connectivity index (χ0) is 26.1. The number of carbonyl (C=O) groups is 2. The Balaban J connectivity index is 1.92. The average molecular weight is 544 g/mol. The lowest BCUT2D eigenvalue weighted by atomic mass is 10.0. The lowest BCUT2D eigenvalue weighted by Crippen LogP contribution is -2.51. The normalized spacial score (nSPS) is 11.8. The number of rotatable bonds is 11. The van der Waals surface area contributed by atoms with Gasteiger partial charge in [0.2, 0.25) is 11.8 Å². The zero-order valence-electron chi connectivity index (χ0n) is 20.8. The van der Waals surface area contributed by atoms with Gasteiger partial charge in [0, 0.05) is 34.5 Å². The first kappa shape index (κ1) is 28.1. The van der Waals surface area contributed by atoms with E-state index in [-0.39, 0.29) is 24.1 Å². The third-order valence-electron chi connectivity index (χ3n) is 5.69. The smallest absolute Gasteiger partial charge is 0.243 e. The average Bonchev–Trinajstić information content (AvgIpc) is 2.86. The van der Waals surface area contributed by atoms with Gasteiger partial charge in [-0.3, -0.25) is 9.59 Å². The van der Waals surface area contributed by atoms with Gasteiger partial charge in [0.05, 0.1) is 5.75 Å². The SMILES string of the molecule is Cc1ccc(SCC(=O)N(Cc2ccc(Cl)cc2Cl)[C@H](Cc2ccccc2)C(=O)NCC(C)C)cc1. The van der Waals surface area contributed by atoms with Crippen LogP contribution < -0.4 is 5.32 Å². The maximum Gasteiger partial charge on any atom is 0.243 e. The van der Waals surface area contributed by atoms with Crippen LogP contribution >= 0.6 is 35.0 Å². The van der Waals surface area contributed by atoms with Gasteiger partial charge >= 0.3 is 0 Å². The van der Waals surface area contributed by atoms with Gasteiger partial charge in [-0.05, 0) is 48.2 Å². The van der Waals surface area contributed by atoms with Crippen LogP contribution in [0.2, 0.25) is 10.0 Å². The minimum Gasteiger partial charge on any atom is -0.354 e. The van der Waals surface area contributed by atoms with Crippen LogP contribution in [0.3, 0.4) is 0 Å². The quantitative estimate of drug-likeness (QED) is 0.271. The number of halogens is 2. The van der Waals surface area contributed by atoms with Gasteiger partial charge in [-0.15, -0.1) is 11.8 Å². The molecule has 0 unspecified atom stereocenters. The molecule has 1 atom stereocenters. The van der Waals surface area contributed by atoms with Gasteiger partial charge in [0.25, 0.3) is 0 Å². The first-order chi connectivity index (χ1) is 17.2. The number of nitrogens with zero attached hydrogens (tertiary/aromatic N) is 1. The molecule has 3 rings (SSSR count). The summed E-state index contributed by atoms with van der Waals surface area (Å²) in [5.74, 6) is 0.189. The molecule has 2 amide bonds. The number of hydrogen-bond donors (Lipinski definition) is 1. The highest BCUT2D eigenvalue weighted by molar-refractivity contribution is 8.00.